The SMILES string of the molecule is CCCCCC(O)CC[C@@H]1CC[C@H]2CC(OCCCC(=O)O)C[C@@H]12. The summed E-state index contributed by atoms with van der Waals surface area (Å²) in [6, 6.07) is 0. The number of hydrogen-bond acceptors (Lipinski definition) is 3. The molecule has 4 nitrogen and oxygen atoms in total. The van der Waals surface area contributed by atoms with Gasteiger partial charge in [0.05, 0.1) is 12.2 Å². The van der Waals surface area contributed by atoms with Gasteiger partial charge in [0.2, 0.25) is 0 Å². The Morgan fingerprint density at radius 1 is 1.17 bits per heavy atom. The number of rotatable bonds is 12. The number of hydrogen-bond donors (Lipinski definition) is 2. The molecule has 2 saturated carbocycles. The van der Waals surface area contributed by atoms with Crippen molar-refractivity contribution in [1.82, 2.24) is 0 Å². The van der Waals surface area contributed by atoms with Crippen molar-refractivity contribution >= 4 is 5.97 Å². The maximum atomic E-state index is 10.5. The van der Waals surface area contributed by atoms with Crippen LogP contribution in [-0.2, 0) is 9.53 Å². The summed E-state index contributed by atoms with van der Waals surface area (Å²) in [7, 11) is 0. The normalized spacial score (nSPS) is 30.4. The van der Waals surface area contributed by atoms with Gasteiger partial charge in [-0.25, -0.2) is 0 Å². The Hall–Kier alpha value is -0.610. The van der Waals surface area contributed by atoms with Gasteiger partial charge in [-0.1, -0.05) is 26.2 Å². The molecule has 5 atom stereocenters. The van der Waals surface area contributed by atoms with E-state index in [1.807, 2.05) is 0 Å². The summed E-state index contributed by atoms with van der Waals surface area (Å²) in [5, 5.41) is 18.8. The van der Waals surface area contributed by atoms with E-state index in [1.54, 1.807) is 0 Å². The fourth-order valence-electron chi connectivity index (χ4n) is 4.80. The largest absolute Gasteiger partial charge is 0.481 e. The van der Waals surface area contributed by atoms with Gasteiger partial charge in [0, 0.05) is 13.0 Å². The Balaban J connectivity index is 1.62. The van der Waals surface area contributed by atoms with Crippen LogP contribution < -0.4 is 0 Å². The third-order valence-corrected chi connectivity index (χ3v) is 6.12. The topological polar surface area (TPSA) is 66.8 Å². The van der Waals surface area contributed by atoms with Crippen LogP contribution in [0.5, 0.6) is 0 Å². The van der Waals surface area contributed by atoms with Gasteiger partial charge in [-0.05, 0) is 69.1 Å². The first kappa shape index (κ1) is 19.7. The van der Waals surface area contributed by atoms with Crippen molar-refractivity contribution in [3.63, 3.8) is 0 Å². The van der Waals surface area contributed by atoms with Gasteiger partial charge in [-0.2, -0.15) is 0 Å². The van der Waals surface area contributed by atoms with Crippen LogP contribution in [-0.4, -0.2) is 35.0 Å². The zero-order valence-electron chi connectivity index (χ0n) is 15.3. The molecule has 2 N–H and O–H groups in total. The Morgan fingerprint density at radius 2 is 2.00 bits per heavy atom. The van der Waals surface area contributed by atoms with Crippen LogP contribution in [0.4, 0.5) is 0 Å². The lowest BCUT2D eigenvalue weighted by Gasteiger charge is -2.21. The van der Waals surface area contributed by atoms with E-state index in [1.165, 1.54) is 32.1 Å². The number of fused-ring (bicyclic) bond motifs is 1. The maximum absolute atomic E-state index is 10.5. The van der Waals surface area contributed by atoms with E-state index in [0.717, 1.165) is 49.9 Å². The van der Waals surface area contributed by atoms with Crippen LogP contribution in [0.3, 0.4) is 0 Å². The number of aliphatic hydroxyl groups is 1. The molecule has 0 spiro atoms. The summed E-state index contributed by atoms with van der Waals surface area (Å²) >= 11 is 0. The van der Waals surface area contributed by atoms with Gasteiger partial charge in [0.25, 0.3) is 0 Å². The van der Waals surface area contributed by atoms with Gasteiger partial charge in [-0.15, -0.1) is 0 Å². The first-order chi connectivity index (χ1) is 11.6. The number of carboxylic acids is 1. The summed E-state index contributed by atoms with van der Waals surface area (Å²) < 4.78 is 5.92. The van der Waals surface area contributed by atoms with Crippen molar-refractivity contribution in [3.8, 4) is 0 Å². The Kier molecular flexibility index (Phi) is 8.54. The third-order valence-electron chi connectivity index (χ3n) is 6.12. The standard InChI is InChI=1S/C20H36O4/c1-2-3-4-6-17(21)11-10-15-8-9-16-13-18(14-19(15)16)24-12-5-7-20(22)23/h15-19,21H,2-14H2,1H3,(H,22,23)/t15-,16-,17?,18?,19-/m0/s1. The number of unbranched alkanes of at least 4 members (excludes halogenated alkanes) is 2. The zero-order chi connectivity index (χ0) is 17.4. The maximum Gasteiger partial charge on any atom is 0.303 e. The van der Waals surface area contributed by atoms with E-state index < -0.39 is 5.97 Å². The number of ether oxygens (including phenoxy) is 1. The van der Waals surface area contributed by atoms with E-state index in [-0.39, 0.29) is 12.5 Å². The van der Waals surface area contributed by atoms with Crippen molar-refractivity contribution in [2.24, 2.45) is 17.8 Å². The van der Waals surface area contributed by atoms with Crippen molar-refractivity contribution in [1.29, 1.82) is 0 Å². The van der Waals surface area contributed by atoms with E-state index in [2.05, 4.69) is 6.92 Å². The van der Waals surface area contributed by atoms with Crippen LogP contribution in [0.1, 0.15) is 84.0 Å². The molecule has 0 radical (unpaired) electrons. The molecule has 0 aromatic rings. The summed E-state index contributed by atoms with van der Waals surface area (Å²) in [5.41, 5.74) is 0. The van der Waals surface area contributed by atoms with Gasteiger partial charge in [0.1, 0.15) is 0 Å². The van der Waals surface area contributed by atoms with Gasteiger partial charge in [0.15, 0.2) is 0 Å². The van der Waals surface area contributed by atoms with Crippen molar-refractivity contribution < 1.29 is 19.7 Å². The first-order valence-electron chi connectivity index (χ1n) is 10.1. The second-order valence-electron chi connectivity index (χ2n) is 7.95. The molecule has 4 heteroatoms. The lowest BCUT2D eigenvalue weighted by atomic mass is 9.87. The Labute approximate surface area is 147 Å². The van der Waals surface area contributed by atoms with E-state index in [4.69, 9.17) is 9.84 Å². The monoisotopic (exact) mass is 340 g/mol. The molecule has 2 aliphatic carbocycles. The lowest BCUT2D eigenvalue weighted by molar-refractivity contribution is -0.137. The minimum absolute atomic E-state index is 0.111. The molecule has 0 bridgehead atoms. The quantitative estimate of drug-likeness (QED) is 0.517. The fourth-order valence-corrected chi connectivity index (χ4v) is 4.80. The van der Waals surface area contributed by atoms with Crippen molar-refractivity contribution in [2.75, 3.05) is 6.61 Å². The zero-order valence-corrected chi connectivity index (χ0v) is 15.3. The molecule has 0 aromatic carbocycles. The second kappa shape index (κ2) is 10.4. The fraction of sp³-hybridized carbons (Fsp3) is 0.950. The van der Waals surface area contributed by atoms with E-state index in [0.29, 0.717) is 19.1 Å². The highest BCUT2D eigenvalue weighted by Gasteiger charge is 2.43. The summed E-state index contributed by atoms with van der Waals surface area (Å²) in [4.78, 5) is 10.5. The predicted octanol–water partition coefficient (Wildman–Crippen LogP) is 4.39. The van der Waals surface area contributed by atoms with Gasteiger partial charge in [-0.3, -0.25) is 4.79 Å². The molecule has 24 heavy (non-hydrogen) atoms. The highest BCUT2D eigenvalue weighted by molar-refractivity contribution is 5.66. The van der Waals surface area contributed by atoms with E-state index >= 15 is 0 Å². The molecular weight excluding hydrogens is 304 g/mol. The van der Waals surface area contributed by atoms with Crippen LogP contribution in [0, 0.1) is 17.8 Å². The predicted molar refractivity (Wildman–Crippen MR) is 94.9 cm³/mol. The first-order valence-corrected chi connectivity index (χ1v) is 10.1. The van der Waals surface area contributed by atoms with Crippen LogP contribution in [0.2, 0.25) is 0 Å². The molecule has 2 fully saturated rings. The smallest absolute Gasteiger partial charge is 0.303 e. The van der Waals surface area contributed by atoms with Crippen LogP contribution in [0.15, 0.2) is 0 Å². The van der Waals surface area contributed by atoms with Crippen molar-refractivity contribution in [2.45, 2.75) is 96.2 Å². The van der Waals surface area contributed by atoms with Crippen molar-refractivity contribution in [3.05, 3.63) is 0 Å². The number of carbonyl (C=O) groups is 1. The third kappa shape index (κ3) is 6.36. The average molecular weight is 341 g/mol. The van der Waals surface area contributed by atoms with E-state index in [9.17, 15) is 9.90 Å². The molecule has 140 valence electrons. The number of aliphatic carboxylic acids is 1. The van der Waals surface area contributed by atoms with Gasteiger partial charge >= 0.3 is 5.97 Å². The second-order valence-corrected chi connectivity index (χ2v) is 7.95. The van der Waals surface area contributed by atoms with Crippen LogP contribution >= 0.6 is 0 Å². The minimum Gasteiger partial charge on any atom is -0.481 e. The number of aliphatic hydroxyl groups excluding tert-OH is 1. The summed E-state index contributed by atoms with van der Waals surface area (Å²) in [5.74, 6) is 1.61. The molecule has 0 aliphatic heterocycles. The summed E-state index contributed by atoms with van der Waals surface area (Å²) in [6.07, 6.45) is 12.7. The molecule has 0 aromatic heterocycles. The highest BCUT2D eigenvalue weighted by Crippen LogP contribution is 2.50. The molecule has 2 rings (SSSR count). The molecule has 0 saturated heterocycles. The minimum atomic E-state index is -0.737. The lowest BCUT2D eigenvalue weighted by Crippen LogP contribution is -2.16. The average Bonchev–Trinajstić information content (AvgIpc) is 3.10. The molecule has 0 heterocycles. The molecule has 0 amide bonds. The molecular formula is C20H36O4. The van der Waals surface area contributed by atoms with Crippen LogP contribution in [0.25, 0.3) is 0 Å². The molecule has 2 aliphatic rings. The Morgan fingerprint density at radius 3 is 2.75 bits per heavy atom. The molecule has 2 unspecified atom stereocenters. The Bertz CT molecular complexity index is 371. The number of carboxylic acid groups (broad SMARTS) is 1. The summed E-state index contributed by atoms with van der Waals surface area (Å²) in [6.45, 7) is 2.78. The highest BCUT2D eigenvalue weighted by atomic mass is 16.5. The van der Waals surface area contributed by atoms with Gasteiger partial charge < -0.3 is 14.9 Å².